The molecule has 0 fully saturated rings. The predicted molar refractivity (Wildman–Crippen MR) is 238 cm³/mol. The fraction of sp³-hybridized carbons (Fsp3) is 0.0526. The number of rotatable bonds is 0. The first-order valence-electron chi connectivity index (χ1n) is 20.8. The summed E-state index contributed by atoms with van der Waals surface area (Å²) in [5, 5.41) is 3.10. The van der Waals surface area contributed by atoms with E-state index < -0.39 is 23.4 Å². The maximum atomic E-state index is 18.1. The van der Waals surface area contributed by atoms with Crippen LogP contribution in [0, 0.1) is 0 Å². The van der Waals surface area contributed by atoms with Crippen molar-refractivity contribution < 1.29 is 4.57 Å². The highest BCUT2D eigenvalue weighted by Gasteiger charge is 2.67. The van der Waals surface area contributed by atoms with Crippen LogP contribution in [0.4, 0.5) is 0 Å². The summed E-state index contributed by atoms with van der Waals surface area (Å²) >= 11 is 0. The largest absolute Gasteiger partial charge is 0.309 e. The van der Waals surface area contributed by atoms with E-state index >= 15 is 4.57 Å². The predicted octanol–water partition coefficient (Wildman–Crippen LogP) is 11.4. The molecule has 6 aliphatic rings. The summed E-state index contributed by atoms with van der Waals surface area (Å²) in [5.41, 5.74) is 20.0. The van der Waals surface area contributed by atoms with E-state index in [-0.39, 0.29) is 0 Å². The van der Waals surface area contributed by atoms with Crippen LogP contribution in [0.1, 0.15) is 66.8 Å². The molecule has 3 aliphatic carbocycles. The van der Waals surface area contributed by atoms with E-state index in [0.717, 1.165) is 49.3 Å². The first-order valence-corrected chi connectivity index (χ1v) is 22.5. The topological polar surface area (TPSA) is 17.1 Å². The van der Waals surface area contributed by atoms with Gasteiger partial charge in [0.1, 0.15) is 0 Å². The van der Waals surface area contributed by atoms with Crippen molar-refractivity contribution in [3.8, 4) is 33.4 Å². The van der Waals surface area contributed by atoms with Gasteiger partial charge in [-0.05, 0) is 100 Å². The standard InChI is InChI=1S/C57H33OP/c58-59-52-46-28-13-30-48(52)56(42-24-9-3-18-36(42)37-19-4-10-25-43(37)56)50-32-15-33-51(54(50)59)57(44-26-11-5-20-38(44)39-21-6-12-27-45(39)57)49-31-14-29-47(53(49)59)55(46)40-22-7-1-16-34(40)35-17-2-8-23-41(35)55/h1-33H. The van der Waals surface area contributed by atoms with Gasteiger partial charge in [0.05, 0.1) is 16.2 Å². The highest BCUT2D eigenvalue weighted by Crippen LogP contribution is 2.72. The lowest BCUT2D eigenvalue weighted by atomic mass is 9.59. The normalized spacial score (nSPS) is 19.1. The summed E-state index contributed by atoms with van der Waals surface area (Å²) in [4.78, 5) is 0. The lowest BCUT2D eigenvalue weighted by molar-refractivity contribution is 0.584. The Morgan fingerprint density at radius 2 is 0.390 bits per heavy atom. The maximum absolute atomic E-state index is 18.1. The Bertz CT molecular complexity index is 2940. The smallest absolute Gasteiger partial charge is 0.172 e. The summed E-state index contributed by atoms with van der Waals surface area (Å²) < 4.78 is 18.1. The number of hydrogen-bond acceptors (Lipinski definition) is 1. The monoisotopic (exact) mass is 764 g/mol. The summed E-state index contributed by atoms with van der Waals surface area (Å²) in [5.74, 6) is 0. The van der Waals surface area contributed by atoms with Gasteiger partial charge in [-0.1, -0.05) is 200 Å². The Hall–Kier alpha value is -6.79. The Morgan fingerprint density at radius 3 is 0.593 bits per heavy atom. The summed E-state index contributed by atoms with van der Waals surface area (Å²) in [7, 11) is -3.59. The number of fused-ring (bicyclic) bond motifs is 21. The molecule has 0 atom stereocenters. The van der Waals surface area contributed by atoms with Crippen molar-refractivity contribution in [2.75, 3.05) is 0 Å². The van der Waals surface area contributed by atoms with E-state index in [1.807, 2.05) is 0 Å². The van der Waals surface area contributed by atoms with Gasteiger partial charge in [-0.3, -0.25) is 0 Å². The molecule has 9 aromatic carbocycles. The van der Waals surface area contributed by atoms with Crippen molar-refractivity contribution in [3.63, 3.8) is 0 Å². The minimum atomic E-state index is -3.59. The highest BCUT2D eigenvalue weighted by molar-refractivity contribution is 7.86. The van der Waals surface area contributed by atoms with E-state index in [9.17, 15) is 0 Å². The van der Waals surface area contributed by atoms with Gasteiger partial charge in [0.2, 0.25) is 0 Å². The average molecular weight is 765 g/mol. The van der Waals surface area contributed by atoms with Crippen molar-refractivity contribution in [1.29, 1.82) is 0 Å². The highest BCUT2D eigenvalue weighted by atomic mass is 31.2. The molecular weight excluding hydrogens is 732 g/mol. The van der Waals surface area contributed by atoms with Crippen molar-refractivity contribution in [1.82, 2.24) is 0 Å². The third kappa shape index (κ3) is 3.00. The van der Waals surface area contributed by atoms with E-state index in [2.05, 4.69) is 200 Å². The van der Waals surface area contributed by atoms with Crippen LogP contribution in [-0.4, -0.2) is 0 Å². The molecule has 1 nitrogen and oxygen atoms in total. The molecule has 0 N–H and O–H groups in total. The molecule has 3 spiro atoms. The zero-order valence-electron chi connectivity index (χ0n) is 31.9. The second-order valence-electron chi connectivity index (χ2n) is 17.2. The second kappa shape index (κ2) is 10.1. The van der Waals surface area contributed by atoms with Crippen molar-refractivity contribution in [2.45, 2.75) is 16.2 Å². The third-order valence-electron chi connectivity index (χ3n) is 15.3. The minimum Gasteiger partial charge on any atom is -0.309 e. The molecule has 272 valence electrons. The Morgan fingerprint density at radius 1 is 0.220 bits per heavy atom. The van der Waals surface area contributed by atoms with Crippen LogP contribution >= 0.6 is 7.14 Å². The summed E-state index contributed by atoms with van der Waals surface area (Å²) in [6.45, 7) is 0. The zero-order valence-corrected chi connectivity index (χ0v) is 32.8. The molecule has 59 heavy (non-hydrogen) atoms. The van der Waals surface area contributed by atoms with E-state index in [1.165, 1.54) is 66.8 Å². The van der Waals surface area contributed by atoms with Crippen molar-refractivity contribution in [2.24, 2.45) is 0 Å². The third-order valence-corrected chi connectivity index (χ3v) is 18.7. The molecule has 15 rings (SSSR count). The molecule has 0 saturated heterocycles. The van der Waals surface area contributed by atoms with Crippen LogP contribution in [0.15, 0.2) is 200 Å². The van der Waals surface area contributed by atoms with Gasteiger partial charge in [0, 0.05) is 15.9 Å². The SMILES string of the molecule is O=P12c3c4cccc3C3(c5ccccc5-c5ccccc53)c3cccc(c31)C1(c3ccccc3-c3ccccc31)c1cccc(c12)C41c2ccccc2-c2ccccc21. The maximum Gasteiger partial charge on any atom is 0.172 e. The van der Waals surface area contributed by atoms with Crippen LogP contribution in [0.3, 0.4) is 0 Å². The molecule has 0 radical (unpaired) electrons. The van der Waals surface area contributed by atoms with Crippen LogP contribution in [0.25, 0.3) is 33.4 Å². The summed E-state index contributed by atoms with van der Waals surface area (Å²) in [6.07, 6.45) is 0. The van der Waals surface area contributed by atoms with Crippen molar-refractivity contribution >= 4 is 23.1 Å². The average Bonchev–Trinajstić information content (AvgIpc) is 3.88. The minimum absolute atomic E-state index is 0.695. The van der Waals surface area contributed by atoms with Gasteiger partial charge in [-0.25, -0.2) is 0 Å². The molecule has 0 saturated carbocycles. The molecule has 0 amide bonds. The fourth-order valence-electron chi connectivity index (χ4n) is 13.7. The van der Waals surface area contributed by atoms with Crippen LogP contribution in [-0.2, 0) is 20.8 Å². The van der Waals surface area contributed by atoms with Crippen molar-refractivity contribution in [3.05, 3.63) is 267 Å². The molecule has 0 bridgehead atoms. The molecule has 0 unspecified atom stereocenters. The lowest BCUT2D eigenvalue weighted by Crippen LogP contribution is -2.59. The Balaban J connectivity index is 1.25. The summed E-state index contributed by atoms with van der Waals surface area (Å²) in [6, 6.07) is 75.0. The van der Waals surface area contributed by atoms with Crippen LogP contribution in [0.5, 0.6) is 0 Å². The van der Waals surface area contributed by atoms with Gasteiger partial charge in [-0.2, -0.15) is 0 Å². The van der Waals surface area contributed by atoms with Gasteiger partial charge in [0.15, 0.2) is 7.14 Å². The second-order valence-corrected chi connectivity index (χ2v) is 19.8. The molecule has 2 heteroatoms. The van der Waals surface area contributed by atoms with E-state index in [4.69, 9.17) is 0 Å². The molecule has 0 aromatic heterocycles. The lowest BCUT2D eigenvalue weighted by Gasteiger charge is -2.55. The van der Waals surface area contributed by atoms with E-state index in [0.29, 0.717) is 0 Å². The molecule has 3 heterocycles. The first-order chi connectivity index (χ1) is 29.2. The quantitative estimate of drug-likeness (QED) is 0.141. The molecular formula is C57H33OP. The zero-order chi connectivity index (χ0) is 38.5. The van der Waals surface area contributed by atoms with Crippen LogP contribution in [0.2, 0.25) is 0 Å². The van der Waals surface area contributed by atoms with Crippen LogP contribution < -0.4 is 15.9 Å². The Labute approximate surface area is 342 Å². The number of benzene rings is 9. The van der Waals surface area contributed by atoms with E-state index in [1.54, 1.807) is 0 Å². The van der Waals surface area contributed by atoms with Gasteiger partial charge < -0.3 is 4.57 Å². The van der Waals surface area contributed by atoms with Gasteiger partial charge in [0.25, 0.3) is 0 Å². The number of hydrogen-bond donors (Lipinski definition) is 0. The molecule has 9 aromatic rings. The Kier molecular flexibility index (Phi) is 5.33. The van der Waals surface area contributed by atoms with Gasteiger partial charge in [-0.15, -0.1) is 0 Å². The molecule has 3 aliphatic heterocycles. The first kappa shape index (κ1) is 31.2. The fourth-order valence-corrected chi connectivity index (χ4v) is 17.8. The van der Waals surface area contributed by atoms with Gasteiger partial charge >= 0.3 is 0 Å².